The van der Waals surface area contributed by atoms with Gasteiger partial charge in [0.25, 0.3) is 0 Å². The number of nitrogens with one attached hydrogen (secondary N) is 1. The molecule has 204 valence electrons. The molecule has 0 aliphatic carbocycles. The minimum Gasteiger partial charge on any atom is -0.355 e. The molecular formula is C40H28N2S. The Kier molecular flexibility index (Phi) is 6.36. The third kappa shape index (κ3) is 4.70. The molecule has 0 radical (unpaired) electrons. The number of benzene rings is 7. The summed E-state index contributed by atoms with van der Waals surface area (Å²) >= 11 is 1.84. The molecule has 1 heterocycles. The van der Waals surface area contributed by atoms with Gasteiger partial charge in [-0.25, -0.2) is 0 Å². The molecule has 0 unspecified atom stereocenters. The highest BCUT2D eigenvalue weighted by Crippen LogP contribution is 2.44. The zero-order valence-corrected chi connectivity index (χ0v) is 24.3. The second kappa shape index (κ2) is 10.8. The van der Waals surface area contributed by atoms with Gasteiger partial charge in [0, 0.05) is 48.2 Å². The number of fused-ring (bicyclic) bond motifs is 4. The molecule has 0 aliphatic heterocycles. The van der Waals surface area contributed by atoms with E-state index in [2.05, 4.69) is 174 Å². The molecule has 7 aromatic carbocycles. The second-order valence-corrected chi connectivity index (χ2v) is 11.8. The lowest BCUT2D eigenvalue weighted by atomic mass is 10.0. The van der Waals surface area contributed by atoms with Crippen molar-refractivity contribution in [3.05, 3.63) is 164 Å². The van der Waals surface area contributed by atoms with Gasteiger partial charge in [0.15, 0.2) is 0 Å². The van der Waals surface area contributed by atoms with Gasteiger partial charge >= 0.3 is 0 Å². The molecule has 8 rings (SSSR count). The van der Waals surface area contributed by atoms with Crippen LogP contribution in [0.4, 0.5) is 28.4 Å². The quantitative estimate of drug-likeness (QED) is 0.215. The van der Waals surface area contributed by atoms with E-state index in [1.807, 2.05) is 11.3 Å². The van der Waals surface area contributed by atoms with Gasteiger partial charge < -0.3 is 10.2 Å². The summed E-state index contributed by atoms with van der Waals surface area (Å²) in [5.74, 6) is 0. The fraction of sp³-hybridized carbons (Fsp3) is 0. The van der Waals surface area contributed by atoms with E-state index in [-0.39, 0.29) is 0 Å². The minimum atomic E-state index is 1.04. The molecule has 0 atom stereocenters. The monoisotopic (exact) mass is 568 g/mol. The van der Waals surface area contributed by atoms with E-state index in [0.717, 1.165) is 28.4 Å². The van der Waals surface area contributed by atoms with E-state index in [1.165, 1.54) is 42.1 Å². The molecule has 0 bridgehead atoms. The maximum absolute atomic E-state index is 3.71. The molecule has 2 nitrogen and oxygen atoms in total. The Morgan fingerprint density at radius 3 is 2.05 bits per heavy atom. The molecule has 8 aromatic rings. The lowest BCUT2D eigenvalue weighted by molar-refractivity contribution is 1.30. The molecule has 0 fully saturated rings. The van der Waals surface area contributed by atoms with Gasteiger partial charge in [-0.3, -0.25) is 0 Å². The van der Waals surface area contributed by atoms with Crippen LogP contribution in [0.25, 0.3) is 42.1 Å². The maximum atomic E-state index is 3.71. The Bertz CT molecular complexity index is 2230. The molecule has 3 heteroatoms. The Balaban J connectivity index is 1.27. The van der Waals surface area contributed by atoms with E-state index in [9.17, 15) is 0 Å². The summed E-state index contributed by atoms with van der Waals surface area (Å²) in [6, 6.07) is 58.6. The first-order chi connectivity index (χ1) is 21.3. The summed E-state index contributed by atoms with van der Waals surface area (Å²) in [6.45, 7) is 0. The number of nitrogens with zero attached hydrogens (tertiary/aromatic N) is 1. The fourth-order valence-electron chi connectivity index (χ4n) is 6.03. The lowest BCUT2D eigenvalue weighted by Gasteiger charge is -2.29. The summed E-state index contributed by atoms with van der Waals surface area (Å²) < 4.78 is 2.62. The zero-order valence-electron chi connectivity index (χ0n) is 23.4. The predicted molar refractivity (Wildman–Crippen MR) is 187 cm³/mol. The van der Waals surface area contributed by atoms with Crippen LogP contribution in [-0.4, -0.2) is 0 Å². The fourth-order valence-corrected chi connectivity index (χ4v) is 7.12. The summed E-state index contributed by atoms with van der Waals surface area (Å²) in [4.78, 5) is 2.39. The number of hydrogen-bond acceptors (Lipinski definition) is 3. The molecule has 1 N–H and O–H groups in total. The number of para-hydroxylation sites is 1. The largest absolute Gasteiger partial charge is 0.355 e. The van der Waals surface area contributed by atoms with Gasteiger partial charge in [0.05, 0.1) is 11.4 Å². The van der Waals surface area contributed by atoms with Crippen LogP contribution in [0.2, 0.25) is 0 Å². The van der Waals surface area contributed by atoms with Crippen molar-refractivity contribution in [3.63, 3.8) is 0 Å². The average Bonchev–Trinajstić information content (AvgIpc) is 3.44. The van der Waals surface area contributed by atoms with Crippen LogP contribution >= 0.6 is 11.3 Å². The van der Waals surface area contributed by atoms with Crippen LogP contribution in [0.5, 0.6) is 0 Å². The first-order valence-corrected chi connectivity index (χ1v) is 15.3. The highest BCUT2D eigenvalue weighted by molar-refractivity contribution is 7.25. The minimum absolute atomic E-state index is 1.04. The topological polar surface area (TPSA) is 15.3 Å². The number of thiophene rings is 1. The molecule has 0 aliphatic rings. The molecule has 0 spiro atoms. The van der Waals surface area contributed by atoms with E-state index < -0.39 is 0 Å². The summed E-state index contributed by atoms with van der Waals surface area (Å²) in [6.07, 6.45) is 0. The third-order valence-corrected chi connectivity index (χ3v) is 9.16. The highest BCUT2D eigenvalue weighted by Gasteiger charge is 2.19. The molecular weight excluding hydrogens is 541 g/mol. The van der Waals surface area contributed by atoms with Crippen molar-refractivity contribution in [2.45, 2.75) is 0 Å². The second-order valence-electron chi connectivity index (χ2n) is 10.7. The standard InChI is InChI=1S/C40H28N2S/c1-2-12-28(13-3-1)33-19-6-8-21-37(33)42(38-22-10-15-29-14-4-5-18-34(29)38)32-17-11-16-30(26-32)41-31-24-25-40-36(27-31)35-20-7-9-23-39(35)43-40/h1-27,41H. The van der Waals surface area contributed by atoms with Crippen molar-refractivity contribution in [2.75, 3.05) is 10.2 Å². The van der Waals surface area contributed by atoms with Crippen LogP contribution < -0.4 is 10.2 Å². The van der Waals surface area contributed by atoms with E-state index >= 15 is 0 Å². The smallest absolute Gasteiger partial charge is 0.0540 e. The molecule has 43 heavy (non-hydrogen) atoms. The van der Waals surface area contributed by atoms with Crippen LogP contribution in [0.3, 0.4) is 0 Å². The Hall–Kier alpha value is -5.38. The molecule has 0 saturated carbocycles. The van der Waals surface area contributed by atoms with Crippen molar-refractivity contribution in [1.29, 1.82) is 0 Å². The van der Waals surface area contributed by atoms with Gasteiger partial charge in [-0.15, -0.1) is 11.3 Å². The van der Waals surface area contributed by atoms with Gasteiger partial charge in [-0.2, -0.15) is 0 Å². The Labute approximate surface area is 255 Å². The summed E-state index contributed by atoms with van der Waals surface area (Å²) in [5, 5.41) is 8.73. The average molecular weight is 569 g/mol. The number of anilines is 5. The first kappa shape index (κ1) is 25.3. The van der Waals surface area contributed by atoms with Crippen molar-refractivity contribution < 1.29 is 0 Å². The maximum Gasteiger partial charge on any atom is 0.0540 e. The number of hydrogen-bond donors (Lipinski definition) is 1. The van der Waals surface area contributed by atoms with Crippen LogP contribution in [0, 0.1) is 0 Å². The van der Waals surface area contributed by atoms with E-state index in [0.29, 0.717) is 0 Å². The van der Waals surface area contributed by atoms with Gasteiger partial charge in [-0.1, -0.05) is 109 Å². The Morgan fingerprint density at radius 1 is 0.442 bits per heavy atom. The van der Waals surface area contributed by atoms with Crippen LogP contribution in [0.1, 0.15) is 0 Å². The van der Waals surface area contributed by atoms with E-state index in [4.69, 9.17) is 0 Å². The highest BCUT2D eigenvalue weighted by atomic mass is 32.1. The van der Waals surface area contributed by atoms with Crippen molar-refractivity contribution in [1.82, 2.24) is 0 Å². The SMILES string of the molecule is c1ccc(-c2ccccc2N(c2cccc(Nc3ccc4sc5ccccc5c4c3)c2)c2cccc3ccccc23)cc1. The van der Waals surface area contributed by atoms with Gasteiger partial charge in [-0.05, 0) is 65.5 Å². The van der Waals surface area contributed by atoms with Crippen LogP contribution in [0.15, 0.2) is 164 Å². The van der Waals surface area contributed by atoms with Crippen molar-refractivity contribution >= 4 is 70.7 Å². The third-order valence-electron chi connectivity index (χ3n) is 8.01. The van der Waals surface area contributed by atoms with Crippen LogP contribution in [-0.2, 0) is 0 Å². The zero-order chi connectivity index (χ0) is 28.6. The predicted octanol–water partition coefficient (Wildman–Crippen LogP) is 12.1. The lowest BCUT2D eigenvalue weighted by Crippen LogP contribution is -2.12. The normalized spacial score (nSPS) is 11.3. The van der Waals surface area contributed by atoms with Crippen molar-refractivity contribution in [2.24, 2.45) is 0 Å². The van der Waals surface area contributed by atoms with E-state index in [1.54, 1.807) is 0 Å². The van der Waals surface area contributed by atoms with Gasteiger partial charge in [0.1, 0.15) is 0 Å². The van der Waals surface area contributed by atoms with Gasteiger partial charge in [0.2, 0.25) is 0 Å². The summed E-state index contributed by atoms with van der Waals surface area (Å²) in [7, 11) is 0. The Morgan fingerprint density at radius 2 is 1.12 bits per heavy atom. The van der Waals surface area contributed by atoms with Crippen molar-refractivity contribution in [3.8, 4) is 11.1 Å². The molecule has 0 saturated heterocycles. The summed E-state index contributed by atoms with van der Waals surface area (Å²) in [5.41, 5.74) is 7.86. The molecule has 1 aromatic heterocycles. The molecule has 0 amide bonds. The first-order valence-electron chi connectivity index (χ1n) is 14.5. The number of rotatable bonds is 6.